The molecule has 4 unspecified atom stereocenters. The average molecular weight is 433 g/mol. The summed E-state index contributed by atoms with van der Waals surface area (Å²) in [5.74, 6) is -4.33. The number of carbonyl (C=O) groups is 4. The van der Waals surface area contributed by atoms with Gasteiger partial charge in [0.2, 0.25) is 0 Å². The van der Waals surface area contributed by atoms with Crippen LogP contribution in [0.15, 0.2) is 0 Å². The van der Waals surface area contributed by atoms with Crippen LogP contribution in [0.2, 0.25) is 0 Å². The van der Waals surface area contributed by atoms with Gasteiger partial charge in [0.15, 0.2) is 0 Å². The zero-order chi connectivity index (χ0) is 19.9. The molecule has 12 heteroatoms. The predicted octanol–water partition coefficient (Wildman–Crippen LogP) is 1.04. The zero-order valence-electron chi connectivity index (χ0n) is 13.9. The summed E-state index contributed by atoms with van der Waals surface area (Å²) in [7, 11) is 0. The number of hydrogen-bond donors (Lipinski definition) is 4. The number of ether oxygens (including phenoxy) is 4. The minimum Gasteiger partial charge on any atom is -0.351 e. The van der Waals surface area contributed by atoms with E-state index in [2.05, 4.69) is 50.5 Å². The highest BCUT2D eigenvalue weighted by Crippen LogP contribution is 2.24. The molecule has 8 nitrogen and oxygen atoms in total. The summed E-state index contributed by atoms with van der Waals surface area (Å²) in [5, 5.41) is -4.03. The van der Waals surface area contributed by atoms with Gasteiger partial charge >= 0.3 is 30.0 Å². The lowest BCUT2D eigenvalue weighted by Gasteiger charge is -2.30. The van der Waals surface area contributed by atoms with Gasteiger partial charge in [-0.05, 0) is 27.7 Å². The molecule has 0 aliphatic rings. The molecule has 0 aromatic carbocycles. The van der Waals surface area contributed by atoms with Crippen LogP contribution in [0, 0.1) is 0 Å². The summed E-state index contributed by atoms with van der Waals surface area (Å²) in [6.45, 7) is 5.35. The van der Waals surface area contributed by atoms with E-state index in [1.54, 1.807) is 0 Å². The van der Waals surface area contributed by atoms with Crippen molar-refractivity contribution in [2.24, 2.45) is 0 Å². The second kappa shape index (κ2) is 10.4. The maximum atomic E-state index is 11.9. The van der Waals surface area contributed by atoms with Crippen LogP contribution in [0.25, 0.3) is 0 Å². The maximum Gasteiger partial charge on any atom is 0.619 e. The summed E-state index contributed by atoms with van der Waals surface area (Å²) in [5.41, 5.74) is 0. The molecule has 0 saturated carbocycles. The Hall–Kier alpha value is -0.720. The number of esters is 4. The van der Waals surface area contributed by atoms with Gasteiger partial charge in [0.25, 0.3) is 0 Å². The summed E-state index contributed by atoms with van der Waals surface area (Å²) in [6.07, 6.45) is -3.08. The van der Waals surface area contributed by atoms with Crippen molar-refractivity contribution in [3.63, 3.8) is 0 Å². The molecule has 0 bridgehead atoms. The molecular weight excluding hydrogens is 412 g/mol. The second-order valence-corrected chi connectivity index (χ2v) is 7.99. The molecule has 0 spiro atoms. The first-order valence-corrected chi connectivity index (χ1v) is 9.01. The van der Waals surface area contributed by atoms with Crippen LogP contribution >= 0.6 is 50.5 Å². The molecule has 0 rings (SSSR count). The highest BCUT2D eigenvalue weighted by Gasteiger charge is 2.51. The number of rotatable bonds is 8. The molecule has 0 aliphatic heterocycles. The molecule has 0 N–H and O–H groups in total. The maximum absolute atomic E-state index is 11.9. The zero-order valence-corrected chi connectivity index (χ0v) is 17.4. The van der Waals surface area contributed by atoms with Crippen molar-refractivity contribution in [3.05, 3.63) is 0 Å². The van der Waals surface area contributed by atoms with E-state index in [-0.39, 0.29) is 0 Å². The van der Waals surface area contributed by atoms with Crippen LogP contribution in [0.3, 0.4) is 0 Å². The van der Waals surface area contributed by atoms with Gasteiger partial charge in [-0.25, -0.2) is 0 Å². The first-order valence-electron chi connectivity index (χ1n) is 6.95. The fourth-order valence-corrected chi connectivity index (χ4v) is 1.17. The van der Waals surface area contributed by atoms with Gasteiger partial charge in [0, 0.05) is 0 Å². The summed E-state index contributed by atoms with van der Waals surface area (Å²) < 4.78 is 19.3. The van der Waals surface area contributed by atoms with Crippen molar-refractivity contribution in [3.8, 4) is 0 Å². The lowest BCUT2D eigenvalue weighted by atomic mass is 10.4. The molecule has 0 aromatic heterocycles. The van der Waals surface area contributed by atoms with Crippen LogP contribution in [-0.2, 0) is 38.1 Å². The topological polar surface area (TPSA) is 105 Å². The lowest BCUT2D eigenvalue weighted by Crippen LogP contribution is -2.51. The van der Waals surface area contributed by atoms with Crippen molar-refractivity contribution in [2.75, 3.05) is 0 Å². The standard InChI is InChI=1S/C13H20O8S4/c1-5(22)9(14)18-13(19-10(15)6(2)23,20-11(16)7(3)24)21-12(17)8(4)25/h5-8,22-25H,1-4H3. The normalized spacial score (nSPS) is 17.9. The average Bonchev–Trinajstić information content (AvgIpc) is 2.46. The molecule has 0 aromatic rings. The van der Waals surface area contributed by atoms with Crippen molar-refractivity contribution in [1.82, 2.24) is 0 Å². The van der Waals surface area contributed by atoms with Crippen molar-refractivity contribution >= 4 is 74.4 Å². The SMILES string of the molecule is CC(S)C(=O)OC(OC(=O)C(C)S)(OC(=O)C(C)S)OC(=O)C(C)S. The monoisotopic (exact) mass is 432 g/mol. The van der Waals surface area contributed by atoms with E-state index in [1.165, 1.54) is 27.7 Å². The van der Waals surface area contributed by atoms with E-state index in [4.69, 9.17) is 18.9 Å². The Morgan fingerprint density at radius 3 is 0.840 bits per heavy atom. The molecule has 0 amide bonds. The number of thiol groups is 4. The van der Waals surface area contributed by atoms with Gasteiger partial charge < -0.3 is 18.9 Å². The van der Waals surface area contributed by atoms with E-state index in [1.807, 2.05) is 0 Å². The first-order chi connectivity index (χ1) is 11.3. The Morgan fingerprint density at radius 1 is 0.560 bits per heavy atom. The van der Waals surface area contributed by atoms with Crippen LogP contribution < -0.4 is 0 Å². The quantitative estimate of drug-likeness (QED) is 0.256. The number of carbonyl (C=O) groups excluding carboxylic acids is 4. The third-order valence-electron chi connectivity index (χ3n) is 2.27. The Labute approximate surface area is 167 Å². The predicted molar refractivity (Wildman–Crippen MR) is 101 cm³/mol. The molecule has 25 heavy (non-hydrogen) atoms. The third-order valence-corrected chi connectivity index (χ3v) is 3.11. The van der Waals surface area contributed by atoms with Crippen LogP contribution in [0.5, 0.6) is 0 Å². The van der Waals surface area contributed by atoms with E-state index in [0.29, 0.717) is 0 Å². The van der Waals surface area contributed by atoms with Gasteiger partial charge in [0.05, 0.1) is 21.0 Å². The number of hydrogen-bond acceptors (Lipinski definition) is 12. The largest absolute Gasteiger partial charge is 0.619 e. The second-order valence-electron chi connectivity index (χ2n) is 4.89. The van der Waals surface area contributed by atoms with Gasteiger partial charge in [-0.3, -0.25) is 19.2 Å². The lowest BCUT2D eigenvalue weighted by molar-refractivity contribution is -0.431. The van der Waals surface area contributed by atoms with Gasteiger partial charge in [-0.1, -0.05) is 0 Å². The van der Waals surface area contributed by atoms with Crippen LogP contribution in [0.4, 0.5) is 0 Å². The van der Waals surface area contributed by atoms with E-state index in [0.717, 1.165) is 0 Å². The van der Waals surface area contributed by atoms with Crippen molar-refractivity contribution < 1.29 is 38.1 Å². The third kappa shape index (κ3) is 8.47. The van der Waals surface area contributed by atoms with E-state index >= 15 is 0 Å². The summed E-state index contributed by atoms with van der Waals surface area (Å²) in [6, 6.07) is 0. The highest BCUT2D eigenvalue weighted by molar-refractivity contribution is 7.82. The smallest absolute Gasteiger partial charge is 0.351 e. The molecular formula is C13H20O8S4. The molecule has 0 saturated heterocycles. The van der Waals surface area contributed by atoms with Gasteiger partial charge in [-0.15, -0.1) is 0 Å². The van der Waals surface area contributed by atoms with Crippen LogP contribution in [-0.4, -0.2) is 51.0 Å². The Bertz CT molecular complexity index is 425. The fraction of sp³-hybridized carbons (Fsp3) is 0.692. The molecule has 0 aliphatic carbocycles. The summed E-state index contributed by atoms with van der Waals surface area (Å²) in [4.78, 5) is 47.5. The molecule has 0 radical (unpaired) electrons. The van der Waals surface area contributed by atoms with E-state index in [9.17, 15) is 19.2 Å². The highest BCUT2D eigenvalue weighted by atomic mass is 32.1. The van der Waals surface area contributed by atoms with Crippen LogP contribution in [0.1, 0.15) is 27.7 Å². The molecule has 4 atom stereocenters. The van der Waals surface area contributed by atoms with Crippen molar-refractivity contribution in [1.29, 1.82) is 0 Å². The minimum absolute atomic E-state index is 1.01. The Morgan fingerprint density at radius 2 is 0.720 bits per heavy atom. The van der Waals surface area contributed by atoms with Gasteiger partial charge in [-0.2, -0.15) is 50.5 Å². The Kier molecular flexibility index (Phi) is 10.1. The molecule has 0 fully saturated rings. The van der Waals surface area contributed by atoms with Gasteiger partial charge in [0.1, 0.15) is 0 Å². The molecule has 0 heterocycles. The first kappa shape index (κ1) is 24.3. The van der Waals surface area contributed by atoms with Crippen molar-refractivity contribution in [2.45, 2.75) is 54.9 Å². The summed E-state index contributed by atoms with van der Waals surface area (Å²) >= 11 is 15.4. The molecule has 144 valence electrons. The minimum atomic E-state index is -3.08. The Balaban J connectivity index is 5.89. The van der Waals surface area contributed by atoms with E-state index < -0.39 is 51.0 Å². The fourth-order valence-electron chi connectivity index (χ4n) is 0.959.